The van der Waals surface area contributed by atoms with Crippen molar-refractivity contribution in [2.45, 2.75) is 0 Å². The van der Waals surface area contributed by atoms with Gasteiger partial charge in [-0.15, -0.1) is 0 Å². The number of methoxy groups -OCH3 is 1. The van der Waals surface area contributed by atoms with Crippen molar-refractivity contribution in [1.29, 1.82) is 0 Å². The van der Waals surface area contributed by atoms with Gasteiger partial charge in [-0.1, -0.05) is 29.8 Å². The van der Waals surface area contributed by atoms with Crippen molar-refractivity contribution in [3.63, 3.8) is 0 Å². The Hall–Kier alpha value is -2.53. The average Bonchev–Trinajstić information content (AvgIpc) is 2.59. The number of hydrogen-bond donors (Lipinski definition) is 0. The van der Waals surface area contributed by atoms with Gasteiger partial charge in [0.1, 0.15) is 11.5 Å². The van der Waals surface area contributed by atoms with Gasteiger partial charge < -0.3 is 14.5 Å². The maximum Gasteiger partial charge on any atom is 0.356 e. The fraction of sp³-hybridized carbons (Fsp3) is 0.222. The molecule has 0 bridgehead atoms. The third-order valence-electron chi connectivity index (χ3n) is 3.35. The summed E-state index contributed by atoms with van der Waals surface area (Å²) in [5.74, 6) is 0.214. The Morgan fingerprint density at radius 3 is 2.38 bits per heavy atom. The lowest BCUT2D eigenvalue weighted by atomic mass is 10.1. The molecule has 0 amide bonds. The molecule has 0 spiro atoms. The molecule has 0 N–H and O–H groups in total. The molecule has 0 saturated carbocycles. The Bertz CT molecular complexity index is 742. The van der Waals surface area contributed by atoms with Crippen LogP contribution in [-0.2, 0) is 9.53 Å². The van der Waals surface area contributed by atoms with E-state index in [1.807, 2.05) is 56.6 Å². The molecule has 0 aliphatic carbocycles. The van der Waals surface area contributed by atoms with E-state index in [1.165, 1.54) is 7.11 Å². The first-order chi connectivity index (χ1) is 11.4. The summed E-state index contributed by atoms with van der Waals surface area (Å²) >= 11 is 5.93. The number of halogens is 1. The highest BCUT2D eigenvalue weighted by atomic mass is 35.5. The second-order valence-electron chi connectivity index (χ2n) is 5.42. The number of rotatable bonds is 5. The van der Waals surface area contributed by atoms with Crippen LogP contribution in [0.5, 0.6) is 0 Å². The molecular formula is C18H20ClN3O2. The monoisotopic (exact) mass is 345 g/mol. The van der Waals surface area contributed by atoms with E-state index >= 15 is 0 Å². The van der Waals surface area contributed by atoms with Crippen molar-refractivity contribution in [3.05, 3.63) is 59.4 Å². The first-order valence-corrected chi connectivity index (χ1v) is 7.73. The van der Waals surface area contributed by atoms with Crippen LogP contribution in [-0.4, -0.2) is 44.1 Å². The number of anilines is 1. The minimum absolute atomic E-state index is 0.392. The maximum atomic E-state index is 12.1. The van der Waals surface area contributed by atoms with Crippen molar-refractivity contribution in [2.75, 3.05) is 33.2 Å². The Balaban J connectivity index is 2.39. The second-order valence-corrected chi connectivity index (χ2v) is 5.85. The number of benzene rings is 1. The Kier molecular flexibility index (Phi) is 5.82. The average molecular weight is 346 g/mol. The molecule has 1 aromatic carbocycles. The molecule has 126 valence electrons. The van der Waals surface area contributed by atoms with E-state index in [9.17, 15) is 4.79 Å². The van der Waals surface area contributed by atoms with Crippen LogP contribution in [0.2, 0.25) is 5.02 Å². The van der Waals surface area contributed by atoms with Crippen LogP contribution in [0.15, 0.2) is 54.4 Å². The van der Waals surface area contributed by atoms with Gasteiger partial charge in [0.25, 0.3) is 0 Å². The fourth-order valence-electron chi connectivity index (χ4n) is 2.14. The lowest BCUT2D eigenvalue weighted by Gasteiger charge is -2.22. The van der Waals surface area contributed by atoms with E-state index in [4.69, 9.17) is 16.3 Å². The minimum atomic E-state index is -0.426. The molecule has 1 aromatic heterocycles. The molecule has 0 aliphatic rings. The largest absolute Gasteiger partial charge is 0.464 e. The summed E-state index contributed by atoms with van der Waals surface area (Å²) in [6.07, 6.45) is 1.70. The molecule has 0 saturated heterocycles. The molecule has 5 nitrogen and oxygen atoms in total. The number of pyridine rings is 1. The van der Waals surface area contributed by atoms with Crippen molar-refractivity contribution >= 4 is 23.4 Å². The highest BCUT2D eigenvalue weighted by molar-refractivity contribution is 6.30. The molecule has 0 aliphatic heterocycles. The number of aromatic nitrogens is 1. The SMILES string of the molecule is COC(=O)C(=CN(C)C)N(C)c1cccc(-c2ccc(Cl)cc2)n1. The number of carbonyl (C=O) groups excluding carboxylic acids is 1. The van der Waals surface area contributed by atoms with Gasteiger partial charge in [-0.25, -0.2) is 9.78 Å². The highest BCUT2D eigenvalue weighted by Gasteiger charge is 2.18. The third kappa shape index (κ3) is 4.26. The van der Waals surface area contributed by atoms with E-state index in [2.05, 4.69) is 4.98 Å². The Morgan fingerprint density at radius 1 is 1.12 bits per heavy atom. The van der Waals surface area contributed by atoms with Crippen LogP contribution >= 0.6 is 11.6 Å². The van der Waals surface area contributed by atoms with Crippen LogP contribution in [0.4, 0.5) is 5.82 Å². The van der Waals surface area contributed by atoms with Gasteiger partial charge in [-0.05, 0) is 24.3 Å². The summed E-state index contributed by atoms with van der Waals surface area (Å²) in [6.45, 7) is 0. The maximum absolute atomic E-state index is 12.1. The number of carbonyl (C=O) groups is 1. The Morgan fingerprint density at radius 2 is 1.79 bits per heavy atom. The smallest absolute Gasteiger partial charge is 0.356 e. The molecular weight excluding hydrogens is 326 g/mol. The Labute approximate surface area is 147 Å². The molecule has 1 heterocycles. The van der Waals surface area contributed by atoms with Gasteiger partial charge in [0.2, 0.25) is 0 Å². The zero-order chi connectivity index (χ0) is 17.7. The van der Waals surface area contributed by atoms with Crippen molar-refractivity contribution in [2.24, 2.45) is 0 Å². The van der Waals surface area contributed by atoms with Gasteiger partial charge in [0.15, 0.2) is 0 Å². The van der Waals surface area contributed by atoms with Crippen LogP contribution in [0.3, 0.4) is 0 Å². The standard InChI is InChI=1S/C18H20ClN3O2/c1-21(2)12-16(18(23)24-4)22(3)17-7-5-6-15(20-17)13-8-10-14(19)11-9-13/h5-12H,1-4H3. The molecule has 2 aromatic rings. The summed E-state index contributed by atoms with van der Waals surface area (Å²) in [7, 11) is 6.82. The lowest BCUT2D eigenvalue weighted by molar-refractivity contribution is -0.136. The molecule has 6 heteroatoms. The minimum Gasteiger partial charge on any atom is -0.464 e. The van der Waals surface area contributed by atoms with Gasteiger partial charge in [-0.3, -0.25) is 0 Å². The van der Waals surface area contributed by atoms with E-state index in [0.717, 1.165) is 11.3 Å². The number of ether oxygens (including phenoxy) is 1. The van der Waals surface area contributed by atoms with Crippen LogP contribution in [0.1, 0.15) is 0 Å². The predicted molar refractivity (Wildman–Crippen MR) is 96.9 cm³/mol. The fourth-order valence-corrected chi connectivity index (χ4v) is 2.27. The van der Waals surface area contributed by atoms with Gasteiger partial charge in [0, 0.05) is 37.9 Å². The van der Waals surface area contributed by atoms with Crippen LogP contribution < -0.4 is 4.90 Å². The normalized spacial score (nSPS) is 11.1. The van der Waals surface area contributed by atoms with Crippen molar-refractivity contribution in [3.8, 4) is 11.3 Å². The number of hydrogen-bond acceptors (Lipinski definition) is 5. The topological polar surface area (TPSA) is 45.7 Å². The van der Waals surface area contributed by atoms with Crippen molar-refractivity contribution < 1.29 is 9.53 Å². The summed E-state index contributed by atoms with van der Waals surface area (Å²) in [5, 5.41) is 0.675. The van der Waals surface area contributed by atoms with Crippen LogP contribution in [0.25, 0.3) is 11.3 Å². The molecule has 24 heavy (non-hydrogen) atoms. The van der Waals surface area contributed by atoms with Crippen LogP contribution in [0, 0.1) is 0 Å². The molecule has 0 unspecified atom stereocenters. The quantitative estimate of drug-likeness (QED) is 0.614. The third-order valence-corrected chi connectivity index (χ3v) is 3.61. The van der Waals surface area contributed by atoms with E-state index in [-0.39, 0.29) is 0 Å². The van der Waals surface area contributed by atoms with Gasteiger partial charge in [0.05, 0.1) is 12.8 Å². The number of likely N-dealkylation sites (N-methyl/N-ethyl adjacent to an activating group) is 1. The second kappa shape index (κ2) is 7.84. The summed E-state index contributed by atoms with van der Waals surface area (Å²) in [5.41, 5.74) is 2.14. The van der Waals surface area contributed by atoms with E-state index in [0.29, 0.717) is 16.5 Å². The molecule has 0 radical (unpaired) electrons. The molecule has 0 fully saturated rings. The van der Waals surface area contributed by atoms with Gasteiger partial charge in [-0.2, -0.15) is 0 Å². The highest BCUT2D eigenvalue weighted by Crippen LogP contribution is 2.23. The first kappa shape index (κ1) is 17.8. The predicted octanol–water partition coefficient (Wildman–Crippen LogP) is 3.41. The van der Waals surface area contributed by atoms with E-state index in [1.54, 1.807) is 23.0 Å². The molecule has 2 rings (SSSR count). The summed E-state index contributed by atoms with van der Waals surface area (Å²) in [6, 6.07) is 13.1. The molecule has 0 atom stereocenters. The van der Waals surface area contributed by atoms with Gasteiger partial charge >= 0.3 is 5.97 Å². The lowest BCUT2D eigenvalue weighted by Crippen LogP contribution is -2.27. The number of esters is 1. The zero-order valence-corrected chi connectivity index (χ0v) is 14.9. The summed E-state index contributed by atoms with van der Waals surface area (Å²) < 4.78 is 4.87. The zero-order valence-electron chi connectivity index (χ0n) is 14.2. The first-order valence-electron chi connectivity index (χ1n) is 7.35. The number of nitrogens with zero attached hydrogens (tertiary/aromatic N) is 3. The van der Waals surface area contributed by atoms with E-state index < -0.39 is 5.97 Å². The summed E-state index contributed by atoms with van der Waals surface area (Å²) in [4.78, 5) is 20.2. The van der Waals surface area contributed by atoms with Crippen molar-refractivity contribution in [1.82, 2.24) is 9.88 Å².